The van der Waals surface area contributed by atoms with Gasteiger partial charge in [0.25, 0.3) is 0 Å². The summed E-state index contributed by atoms with van der Waals surface area (Å²) in [5.41, 5.74) is 4.11. The van der Waals surface area contributed by atoms with Gasteiger partial charge < -0.3 is 19.6 Å². The summed E-state index contributed by atoms with van der Waals surface area (Å²) in [6, 6.07) is 15.7. The normalized spacial score (nSPS) is 17.0. The van der Waals surface area contributed by atoms with Crippen LogP contribution in [-0.2, 0) is 5.41 Å². The first-order valence-corrected chi connectivity index (χ1v) is 14.2. The molecule has 5 aromatic rings. The Hall–Kier alpha value is -3.64. The maximum absolute atomic E-state index is 13.9. The first kappa shape index (κ1) is 25.6. The minimum atomic E-state index is -0.159. The van der Waals surface area contributed by atoms with Crippen LogP contribution in [0.4, 0.5) is 5.69 Å². The molecular formula is C33H37N3O3. The summed E-state index contributed by atoms with van der Waals surface area (Å²) in [5, 5.41) is 5.21. The molecule has 1 aromatic heterocycles. The van der Waals surface area contributed by atoms with Gasteiger partial charge in [-0.25, -0.2) is 0 Å². The van der Waals surface area contributed by atoms with E-state index in [1.807, 2.05) is 18.2 Å². The number of hydrogen-bond acceptors (Lipinski definition) is 5. The standard InChI is InChI=1S/C33H37N3O3/c1-20-10-7-8-16-36(20)17-9-15-34-25-19-27-30(35-24-14-13-21(33(2,3)4)18-26(24)39-27)29-28(25)31(37)22-11-5-6-12-23(22)32(29)38/h5-6,11-14,18-20,34-35H,7-10,15-17H2,1-4H3. The third-order valence-corrected chi connectivity index (χ3v) is 8.37. The van der Waals surface area contributed by atoms with Gasteiger partial charge in [0, 0.05) is 41.7 Å². The molecule has 0 amide bonds. The maximum Gasteiger partial charge on any atom is 0.196 e. The minimum absolute atomic E-state index is 0.0286. The van der Waals surface area contributed by atoms with Gasteiger partial charge in [-0.05, 0) is 55.8 Å². The lowest BCUT2D eigenvalue weighted by molar-refractivity contribution is 0.160. The number of nitrogens with zero attached hydrogens (tertiary/aromatic N) is 1. The van der Waals surface area contributed by atoms with Crippen molar-refractivity contribution < 1.29 is 4.42 Å². The largest absolute Gasteiger partial charge is 0.453 e. The molecule has 6 nitrogen and oxygen atoms in total. The van der Waals surface area contributed by atoms with Crippen LogP contribution in [0.1, 0.15) is 58.9 Å². The molecule has 0 saturated carbocycles. The van der Waals surface area contributed by atoms with Gasteiger partial charge in [0.2, 0.25) is 0 Å². The third-order valence-electron chi connectivity index (χ3n) is 8.37. The average Bonchev–Trinajstić information content (AvgIpc) is 2.92. The Labute approximate surface area is 228 Å². The molecule has 2 N–H and O–H groups in total. The molecule has 1 atom stereocenters. The highest BCUT2D eigenvalue weighted by Gasteiger charge is 2.21. The lowest BCUT2D eigenvalue weighted by atomic mass is 9.87. The van der Waals surface area contributed by atoms with Crippen LogP contribution in [0.25, 0.3) is 43.7 Å². The van der Waals surface area contributed by atoms with Gasteiger partial charge in [-0.1, -0.05) is 57.5 Å². The highest BCUT2D eigenvalue weighted by atomic mass is 16.3. The van der Waals surface area contributed by atoms with Crippen LogP contribution in [0, 0.1) is 0 Å². The monoisotopic (exact) mass is 523 g/mol. The van der Waals surface area contributed by atoms with Crippen LogP contribution in [0.2, 0.25) is 0 Å². The Morgan fingerprint density at radius 1 is 0.974 bits per heavy atom. The predicted octanol–water partition coefficient (Wildman–Crippen LogP) is 6.91. The fourth-order valence-electron chi connectivity index (χ4n) is 6.04. The van der Waals surface area contributed by atoms with E-state index in [0.29, 0.717) is 50.9 Å². The van der Waals surface area contributed by atoms with Crippen molar-refractivity contribution in [3.8, 4) is 0 Å². The summed E-state index contributed by atoms with van der Waals surface area (Å²) in [4.78, 5) is 33.7. The van der Waals surface area contributed by atoms with E-state index in [1.165, 1.54) is 19.3 Å². The van der Waals surface area contributed by atoms with Gasteiger partial charge in [-0.3, -0.25) is 9.59 Å². The van der Waals surface area contributed by atoms with E-state index in [0.717, 1.165) is 36.2 Å². The van der Waals surface area contributed by atoms with Crippen LogP contribution in [0.3, 0.4) is 0 Å². The molecule has 1 saturated heterocycles. The molecule has 6 heteroatoms. The van der Waals surface area contributed by atoms with Crippen LogP contribution in [-0.4, -0.2) is 35.6 Å². The lowest BCUT2D eigenvalue weighted by Crippen LogP contribution is -2.38. The summed E-state index contributed by atoms with van der Waals surface area (Å²) in [7, 11) is 0. The number of benzene rings is 4. The zero-order chi connectivity index (χ0) is 27.3. The molecule has 1 aliphatic rings. The van der Waals surface area contributed by atoms with E-state index in [9.17, 15) is 9.59 Å². The van der Waals surface area contributed by atoms with E-state index in [-0.39, 0.29) is 16.3 Å². The van der Waals surface area contributed by atoms with Crippen LogP contribution in [0.5, 0.6) is 0 Å². The maximum atomic E-state index is 13.9. The van der Waals surface area contributed by atoms with Crippen molar-refractivity contribution in [2.24, 2.45) is 0 Å². The number of hydrogen-bond donors (Lipinski definition) is 2. The fraction of sp³-hybridized carbons (Fsp3) is 0.394. The molecule has 202 valence electrons. The Kier molecular flexibility index (Phi) is 6.46. The number of piperidine rings is 1. The van der Waals surface area contributed by atoms with Gasteiger partial charge in [-0.2, -0.15) is 0 Å². The summed E-state index contributed by atoms with van der Waals surface area (Å²) in [6.07, 6.45) is 4.77. The van der Waals surface area contributed by atoms with Crippen molar-refractivity contribution in [2.45, 2.75) is 64.8 Å². The summed E-state index contributed by atoms with van der Waals surface area (Å²) < 4.78 is 6.43. The number of aromatic nitrogens is 1. The van der Waals surface area contributed by atoms with Crippen molar-refractivity contribution in [2.75, 3.05) is 25.0 Å². The van der Waals surface area contributed by atoms with Crippen molar-refractivity contribution in [1.82, 2.24) is 9.88 Å². The molecule has 1 fully saturated rings. The topological polar surface area (TPSA) is 78.3 Å². The second-order valence-electron chi connectivity index (χ2n) is 12.1. The summed E-state index contributed by atoms with van der Waals surface area (Å²) in [6.45, 7) is 11.7. The van der Waals surface area contributed by atoms with Crippen molar-refractivity contribution in [3.05, 3.63) is 74.5 Å². The zero-order valence-corrected chi connectivity index (χ0v) is 23.3. The second-order valence-corrected chi connectivity index (χ2v) is 12.1. The minimum Gasteiger partial charge on any atom is -0.453 e. The van der Waals surface area contributed by atoms with Crippen molar-refractivity contribution in [1.29, 1.82) is 0 Å². The molecular weight excluding hydrogens is 486 g/mol. The number of anilines is 1. The molecule has 0 aliphatic carbocycles. The zero-order valence-electron chi connectivity index (χ0n) is 23.3. The van der Waals surface area contributed by atoms with E-state index in [2.05, 4.69) is 55.0 Å². The summed E-state index contributed by atoms with van der Waals surface area (Å²) in [5.74, 6) is 0. The Bertz CT molecular complexity index is 1830. The van der Waals surface area contributed by atoms with Gasteiger partial charge in [0.05, 0.1) is 21.8 Å². The van der Waals surface area contributed by atoms with E-state index in [4.69, 9.17) is 4.42 Å². The van der Waals surface area contributed by atoms with Gasteiger partial charge >= 0.3 is 0 Å². The molecule has 6 rings (SSSR count). The molecule has 2 heterocycles. The molecule has 1 unspecified atom stereocenters. The van der Waals surface area contributed by atoms with Gasteiger partial charge in [0.1, 0.15) is 0 Å². The first-order chi connectivity index (χ1) is 18.7. The number of H-pyrrole nitrogens is 1. The van der Waals surface area contributed by atoms with Crippen molar-refractivity contribution in [3.63, 3.8) is 0 Å². The number of aromatic amines is 1. The molecule has 0 bridgehead atoms. The second kappa shape index (κ2) is 9.83. The van der Waals surface area contributed by atoms with Gasteiger partial charge in [0.15, 0.2) is 22.0 Å². The lowest BCUT2D eigenvalue weighted by Gasteiger charge is -2.33. The molecule has 1 aliphatic heterocycles. The fourth-order valence-corrected chi connectivity index (χ4v) is 6.04. The molecule has 0 spiro atoms. The smallest absolute Gasteiger partial charge is 0.196 e. The quantitative estimate of drug-likeness (QED) is 0.149. The Balaban J connectivity index is 1.50. The van der Waals surface area contributed by atoms with Gasteiger partial charge in [-0.15, -0.1) is 0 Å². The van der Waals surface area contributed by atoms with Crippen LogP contribution < -0.4 is 16.2 Å². The van der Waals surface area contributed by atoms with E-state index in [1.54, 1.807) is 18.2 Å². The Morgan fingerprint density at radius 3 is 2.44 bits per heavy atom. The number of fused-ring (bicyclic) bond motifs is 5. The highest BCUT2D eigenvalue weighted by molar-refractivity contribution is 6.14. The van der Waals surface area contributed by atoms with E-state index < -0.39 is 0 Å². The van der Waals surface area contributed by atoms with Crippen LogP contribution in [0.15, 0.2) is 62.5 Å². The highest BCUT2D eigenvalue weighted by Crippen LogP contribution is 2.33. The number of nitrogens with one attached hydrogen (secondary N) is 2. The number of likely N-dealkylation sites (tertiary alicyclic amines) is 1. The Morgan fingerprint density at radius 2 is 1.72 bits per heavy atom. The first-order valence-electron chi connectivity index (χ1n) is 14.2. The predicted molar refractivity (Wildman–Crippen MR) is 162 cm³/mol. The SMILES string of the molecule is CC1CCCCN1CCCNc1cc2oc3cc(C(C)(C)C)ccc3[nH]c2c2c(=O)c3ccccc3c(=O)c12. The van der Waals surface area contributed by atoms with E-state index >= 15 is 0 Å². The average molecular weight is 524 g/mol. The summed E-state index contributed by atoms with van der Waals surface area (Å²) >= 11 is 0. The number of rotatable bonds is 5. The van der Waals surface area contributed by atoms with Crippen LogP contribution >= 0.6 is 0 Å². The molecule has 39 heavy (non-hydrogen) atoms. The molecule has 0 radical (unpaired) electrons. The third kappa shape index (κ3) is 4.61. The van der Waals surface area contributed by atoms with Crippen molar-refractivity contribution >= 4 is 49.4 Å². The molecule has 4 aromatic carbocycles.